The summed E-state index contributed by atoms with van der Waals surface area (Å²) in [6.07, 6.45) is 2.22. The third-order valence-corrected chi connectivity index (χ3v) is 6.01. The van der Waals surface area contributed by atoms with E-state index in [-0.39, 0.29) is 24.1 Å². The summed E-state index contributed by atoms with van der Waals surface area (Å²) in [6, 6.07) is 16.3. The monoisotopic (exact) mass is 448 g/mol. The van der Waals surface area contributed by atoms with Gasteiger partial charge in [-0.1, -0.05) is 30.3 Å². The van der Waals surface area contributed by atoms with Crippen LogP contribution in [0.2, 0.25) is 0 Å². The summed E-state index contributed by atoms with van der Waals surface area (Å²) in [4.78, 5) is 43.3. The van der Waals surface area contributed by atoms with Crippen LogP contribution in [0.25, 0.3) is 0 Å². The first-order valence-electron chi connectivity index (χ1n) is 10.5. The number of benzene rings is 2. The first kappa shape index (κ1) is 21.7. The fourth-order valence-corrected chi connectivity index (χ4v) is 4.25. The largest absolute Gasteiger partial charge is 0.352 e. The van der Waals surface area contributed by atoms with Gasteiger partial charge in [-0.05, 0) is 42.7 Å². The molecular formula is C24H24N4O3S. The van der Waals surface area contributed by atoms with Crippen molar-refractivity contribution in [2.45, 2.75) is 25.8 Å². The molecule has 8 heteroatoms. The minimum absolute atomic E-state index is 0.0447. The van der Waals surface area contributed by atoms with Gasteiger partial charge >= 0.3 is 0 Å². The van der Waals surface area contributed by atoms with Crippen LogP contribution in [0.5, 0.6) is 0 Å². The molecule has 32 heavy (non-hydrogen) atoms. The molecule has 0 aliphatic carbocycles. The van der Waals surface area contributed by atoms with Crippen molar-refractivity contribution in [2.75, 3.05) is 18.4 Å². The van der Waals surface area contributed by atoms with E-state index in [1.807, 2.05) is 35.2 Å². The van der Waals surface area contributed by atoms with Crippen LogP contribution in [0, 0.1) is 0 Å². The number of carbonyl (C=O) groups is 3. The smallest absolute Gasteiger partial charge is 0.257 e. The van der Waals surface area contributed by atoms with Crippen molar-refractivity contribution in [2.24, 2.45) is 0 Å². The van der Waals surface area contributed by atoms with Crippen molar-refractivity contribution in [1.82, 2.24) is 15.2 Å². The van der Waals surface area contributed by atoms with Crippen LogP contribution in [-0.2, 0) is 17.8 Å². The van der Waals surface area contributed by atoms with Gasteiger partial charge in [0.2, 0.25) is 5.91 Å². The lowest BCUT2D eigenvalue weighted by molar-refractivity contribution is -0.120. The zero-order valence-electron chi connectivity index (χ0n) is 17.5. The van der Waals surface area contributed by atoms with E-state index in [4.69, 9.17) is 0 Å². The first-order chi connectivity index (χ1) is 15.6. The Morgan fingerprint density at radius 2 is 1.72 bits per heavy atom. The molecule has 0 saturated carbocycles. The van der Waals surface area contributed by atoms with Crippen molar-refractivity contribution in [3.63, 3.8) is 0 Å². The van der Waals surface area contributed by atoms with E-state index in [9.17, 15) is 14.4 Å². The van der Waals surface area contributed by atoms with E-state index in [1.54, 1.807) is 29.6 Å². The summed E-state index contributed by atoms with van der Waals surface area (Å²) in [5.41, 5.74) is 2.66. The van der Waals surface area contributed by atoms with Crippen LogP contribution in [0.4, 0.5) is 5.13 Å². The summed E-state index contributed by atoms with van der Waals surface area (Å²) in [7, 11) is 0. The normalized spacial score (nSPS) is 13.1. The van der Waals surface area contributed by atoms with Crippen LogP contribution in [0.15, 0.2) is 60.0 Å². The quantitative estimate of drug-likeness (QED) is 0.579. The zero-order valence-corrected chi connectivity index (χ0v) is 18.4. The number of aromatic nitrogens is 1. The highest BCUT2D eigenvalue weighted by Gasteiger charge is 2.19. The second-order valence-electron chi connectivity index (χ2n) is 7.62. The zero-order chi connectivity index (χ0) is 22.3. The molecule has 3 aromatic rings. The van der Waals surface area contributed by atoms with E-state index >= 15 is 0 Å². The Labute approximate surface area is 190 Å². The molecule has 7 nitrogen and oxygen atoms in total. The molecule has 2 aromatic carbocycles. The van der Waals surface area contributed by atoms with Gasteiger partial charge in [-0.15, -0.1) is 11.3 Å². The van der Waals surface area contributed by atoms with E-state index in [0.29, 0.717) is 28.5 Å². The maximum atomic E-state index is 12.5. The molecule has 1 aliphatic heterocycles. The number of rotatable bonds is 7. The molecule has 0 radical (unpaired) electrons. The number of nitrogens with one attached hydrogen (secondary N) is 2. The van der Waals surface area contributed by atoms with Gasteiger partial charge < -0.3 is 10.2 Å². The molecule has 3 amide bonds. The molecule has 2 N–H and O–H groups in total. The fourth-order valence-electron chi connectivity index (χ4n) is 3.55. The first-order valence-corrected chi connectivity index (χ1v) is 11.4. The Hall–Kier alpha value is -3.52. The van der Waals surface area contributed by atoms with Gasteiger partial charge in [0.05, 0.1) is 12.1 Å². The van der Waals surface area contributed by atoms with Gasteiger partial charge in [0, 0.05) is 36.1 Å². The van der Waals surface area contributed by atoms with Crippen molar-refractivity contribution in [3.05, 3.63) is 82.4 Å². The molecule has 0 unspecified atom stereocenters. The second-order valence-corrected chi connectivity index (χ2v) is 8.48. The van der Waals surface area contributed by atoms with E-state index in [1.165, 1.54) is 11.3 Å². The van der Waals surface area contributed by atoms with Gasteiger partial charge in [0.15, 0.2) is 5.13 Å². The lowest BCUT2D eigenvalue weighted by atomic mass is 10.1. The summed E-state index contributed by atoms with van der Waals surface area (Å²) >= 11 is 1.28. The summed E-state index contributed by atoms with van der Waals surface area (Å²) in [6.45, 7) is 1.95. The van der Waals surface area contributed by atoms with Crippen molar-refractivity contribution >= 4 is 34.2 Å². The second kappa shape index (κ2) is 10.2. The summed E-state index contributed by atoms with van der Waals surface area (Å²) in [5.74, 6) is -0.366. The topological polar surface area (TPSA) is 91.4 Å². The molecule has 0 bridgehead atoms. The molecule has 1 fully saturated rings. The lowest BCUT2D eigenvalue weighted by Crippen LogP contribution is -2.28. The Balaban J connectivity index is 1.28. The van der Waals surface area contributed by atoms with Crippen molar-refractivity contribution < 1.29 is 14.4 Å². The Kier molecular flexibility index (Phi) is 6.91. The van der Waals surface area contributed by atoms with Gasteiger partial charge in [-0.2, -0.15) is 0 Å². The Morgan fingerprint density at radius 1 is 0.969 bits per heavy atom. The van der Waals surface area contributed by atoms with Crippen LogP contribution in [-0.4, -0.2) is 40.7 Å². The highest BCUT2D eigenvalue weighted by atomic mass is 32.1. The predicted molar refractivity (Wildman–Crippen MR) is 124 cm³/mol. The lowest BCUT2D eigenvalue weighted by Gasteiger charge is -2.15. The number of amides is 3. The molecule has 2 heterocycles. The van der Waals surface area contributed by atoms with E-state index < -0.39 is 0 Å². The van der Waals surface area contributed by atoms with Crippen molar-refractivity contribution in [3.8, 4) is 0 Å². The summed E-state index contributed by atoms with van der Waals surface area (Å²) < 4.78 is 0. The average Bonchev–Trinajstić information content (AvgIpc) is 3.50. The van der Waals surface area contributed by atoms with Gasteiger partial charge in [0.25, 0.3) is 11.8 Å². The SMILES string of the molecule is O=C(Cc1csc(NC(=O)c2ccccc2)n1)NCc1cccc(C(=O)N2CCCC2)c1. The molecule has 0 spiro atoms. The van der Waals surface area contributed by atoms with Gasteiger partial charge in [-0.25, -0.2) is 4.98 Å². The van der Waals surface area contributed by atoms with Gasteiger partial charge in [-0.3, -0.25) is 19.7 Å². The number of thiazole rings is 1. The van der Waals surface area contributed by atoms with Crippen LogP contribution < -0.4 is 10.6 Å². The number of nitrogens with zero attached hydrogens (tertiary/aromatic N) is 2. The molecule has 4 rings (SSSR count). The maximum absolute atomic E-state index is 12.5. The maximum Gasteiger partial charge on any atom is 0.257 e. The minimum Gasteiger partial charge on any atom is -0.352 e. The fraction of sp³-hybridized carbons (Fsp3) is 0.250. The predicted octanol–water partition coefficient (Wildman–Crippen LogP) is 3.49. The number of hydrogen-bond acceptors (Lipinski definition) is 5. The third kappa shape index (κ3) is 5.59. The standard InChI is InChI=1S/C24H24N4O3S/c29-21(14-20-16-32-24(26-20)27-22(30)18-8-2-1-3-9-18)25-15-17-7-6-10-19(13-17)23(31)28-11-4-5-12-28/h1-3,6-10,13,16H,4-5,11-12,14-15H2,(H,25,29)(H,26,27,30). The van der Waals surface area contributed by atoms with Gasteiger partial charge in [0.1, 0.15) is 0 Å². The molecular weight excluding hydrogens is 424 g/mol. The minimum atomic E-state index is -0.237. The van der Waals surface area contributed by atoms with Crippen LogP contribution in [0.1, 0.15) is 44.8 Å². The molecule has 164 valence electrons. The highest BCUT2D eigenvalue weighted by Crippen LogP contribution is 2.17. The number of anilines is 1. The molecule has 1 saturated heterocycles. The van der Waals surface area contributed by atoms with Crippen LogP contribution >= 0.6 is 11.3 Å². The highest BCUT2D eigenvalue weighted by molar-refractivity contribution is 7.14. The molecule has 1 aliphatic rings. The number of likely N-dealkylation sites (tertiary alicyclic amines) is 1. The number of carbonyl (C=O) groups excluding carboxylic acids is 3. The number of hydrogen-bond donors (Lipinski definition) is 2. The molecule has 0 atom stereocenters. The van der Waals surface area contributed by atoms with Crippen LogP contribution in [0.3, 0.4) is 0 Å². The summed E-state index contributed by atoms with van der Waals surface area (Å²) in [5, 5.41) is 7.84. The Bertz CT molecular complexity index is 1110. The Morgan fingerprint density at radius 3 is 2.50 bits per heavy atom. The third-order valence-electron chi connectivity index (χ3n) is 5.21. The van der Waals surface area contributed by atoms with E-state index in [0.717, 1.165) is 31.5 Å². The average molecular weight is 449 g/mol. The van der Waals surface area contributed by atoms with E-state index in [2.05, 4.69) is 15.6 Å². The van der Waals surface area contributed by atoms with Crippen molar-refractivity contribution in [1.29, 1.82) is 0 Å². The molecule has 1 aromatic heterocycles.